The fourth-order valence-electron chi connectivity index (χ4n) is 2.19. The molecule has 1 aliphatic rings. The van der Waals surface area contributed by atoms with Crippen LogP contribution >= 0.6 is 11.8 Å². The van der Waals surface area contributed by atoms with Gasteiger partial charge in [0.05, 0.1) is 5.69 Å². The summed E-state index contributed by atoms with van der Waals surface area (Å²) in [5.74, 6) is 0.0217. The van der Waals surface area contributed by atoms with Gasteiger partial charge in [-0.1, -0.05) is 59.8 Å². The summed E-state index contributed by atoms with van der Waals surface area (Å²) in [4.78, 5) is 16.4. The van der Waals surface area contributed by atoms with Gasteiger partial charge >= 0.3 is 0 Å². The zero-order chi connectivity index (χ0) is 14.7. The standard InChI is InChI=1S/C17H16N2OS/c1-12-7-9-14(10-8-12)18-17-19-16(20)11-15(21-17)13-5-3-2-4-6-13/h2-10,15H,11H2,1H3,(H,18,19,20). The average molecular weight is 296 g/mol. The molecule has 1 N–H and O–H groups in total. The summed E-state index contributed by atoms with van der Waals surface area (Å²) in [6, 6.07) is 18.0. The first kappa shape index (κ1) is 13.9. The van der Waals surface area contributed by atoms with E-state index in [4.69, 9.17) is 0 Å². The van der Waals surface area contributed by atoms with Crippen LogP contribution in [0.1, 0.15) is 22.8 Å². The first-order valence-electron chi connectivity index (χ1n) is 6.87. The molecular weight excluding hydrogens is 280 g/mol. The maximum atomic E-state index is 11.9. The predicted octanol–water partition coefficient (Wildman–Crippen LogP) is 3.98. The van der Waals surface area contributed by atoms with E-state index in [2.05, 4.69) is 22.4 Å². The van der Waals surface area contributed by atoms with Crippen molar-refractivity contribution in [3.05, 3.63) is 65.7 Å². The van der Waals surface area contributed by atoms with Crippen LogP contribution in [0.4, 0.5) is 5.69 Å². The molecule has 2 aromatic carbocycles. The number of amides is 1. The van der Waals surface area contributed by atoms with Crippen molar-refractivity contribution in [2.75, 3.05) is 0 Å². The lowest BCUT2D eigenvalue weighted by Gasteiger charge is -2.23. The number of amidine groups is 1. The van der Waals surface area contributed by atoms with Crippen molar-refractivity contribution >= 4 is 28.5 Å². The molecule has 0 aliphatic carbocycles. The number of carbonyl (C=O) groups excluding carboxylic acids is 1. The Bertz CT molecular complexity index is 665. The predicted molar refractivity (Wildman–Crippen MR) is 87.8 cm³/mol. The smallest absolute Gasteiger partial charge is 0.227 e. The molecular formula is C17H16N2OS. The number of thioether (sulfide) groups is 1. The number of nitrogens with zero attached hydrogens (tertiary/aromatic N) is 1. The van der Waals surface area contributed by atoms with Crippen LogP contribution in [-0.4, -0.2) is 11.1 Å². The van der Waals surface area contributed by atoms with Gasteiger partial charge in [-0.25, -0.2) is 4.99 Å². The van der Waals surface area contributed by atoms with Gasteiger partial charge in [-0.15, -0.1) is 0 Å². The van der Waals surface area contributed by atoms with E-state index in [1.807, 2.05) is 49.4 Å². The van der Waals surface area contributed by atoms with E-state index in [1.54, 1.807) is 11.8 Å². The SMILES string of the molecule is Cc1ccc(N=C2NC(=O)CC(c3ccccc3)S2)cc1. The zero-order valence-corrected chi connectivity index (χ0v) is 12.6. The molecule has 1 aliphatic heterocycles. The van der Waals surface area contributed by atoms with Gasteiger partial charge in [0.2, 0.25) is 5.91 Å². The highest BCUT2D eigenvalue weighted by atomic mass is 32.2. The second-order valence-electron chi connectivity index (χ2n) is 5.02. The Morgan fingerprint density at radius 2 is 1.81 bits per heavy atom. The Hall–Kier alpha value is -2.07. The summed E-state index contributed by atoms with van der Waals surface area (Å²) < 4.78 is 0. The monoisotopic (exact) mass is 296 g/mol. The van der Waals surface area contributed by atoms with Crippen LogP contribution in [0.3, 0.4) is 0 Å². The van der Waals surface area contributed by atoms with Crippen LogP contribution in [0.2, 0.25) is 0 Å². The molecule has 1 atom stereocenters. The molecule has 106 valence electrons. The minimum absolute atomic E-state index is 0.0217. The second kappa shape index (κ2) is 6.14. The number of aliphatic imine (C=N–C) groups is 1. The van der Waals surface area contributed by atoms with Gasteiger partial charge in [0.1, 0.15) is 0 Å². The van der Waals surface area contributed by atoms with Crippen molar-refractivity contribution in [2.24, 2.45) is 4.99 Å². The second-order valence-corrected chi connectivity index (χ2v) is 6.21. The summed E-state index contributed by atoms with van der Waals surface area (Å²) in [6.07, 6.45) is 0.488. The summed E-state index contributed by atoms with van der Waals surface area (Å²) in [5, 5.41) is 3.65. The van der Waals surface area contributed by atoms with E-state index >= 15 is 0 Å². The largest absolute Gasteiger partial charge is 0.305 e. The number of rotatable bonds is 2. The van der Waals surface area contributed by atoms with E-state index in [1.165, 1.54) is 5.56 Å². The Balaban J connectivity index is 1.83. The molecule has 0 spiro atoms. The van der Waals surface area contributed by atoms with Crippen LogP contribution in [0.5, 0.6) is 0 Å². The quantitative estimate of drug-likeness (QED) is 0.911. The maximum Gasteiger partial charge on any atom is 0.227 e. The van der Waals surface area contributed by atoms with Gasteiger partial charge in [0.25, 0.3) is 0 Å². The topological polar surface area (TPSA) is 41.5 Å². The van der Waals surface area contributed by atoms with Gasteiger partial charge in [0.15, 0.2) is 5.17 Å². The van der Waals surface area contributed by atoms with E-state index < -0.39 is 0 Å². The van der Waals surface area contributed by atoms with Gasteiger partial charge in [-0.2, -0.15) is 0 Å². The van der Waals surface area contributed by atoms with E-state index in [-0.39, 0.29) is 11.2 Å². The molecule has 1 unspecified atom stereocenters. The summed E-state index contributed by atoms with van der Waals surface area (Å²) in [5.41, 5.74) is 3.22. The summed E-state index contributed by atoms with van der Waals surface area (Å²) in [6.45, 7) is 2.04. The molecule has 0 saturated carbocycles. The Kier molecular flexibility index (Phi) is 4.06. The minimum Gasteiger partial charge on any atom is -0.305 e. The van der Waals surface area contributed by atoms with Gasteiger partial charge in [0, 0.05) is 11.7 Å². The van der Waals surface area contributed by atoms with Crippen LogP contribution in [0.15, 0.2) is 59.6 Å². The summed E-state index contributed by atoms with van der Waals surface area (Å²) >= 11 is 1.61. The van der Waals surface area contributed by atoms with Crippen LogP contribution in [0.25, 0.3) is 0 Å². The Morgan fingerprint density at radius 1 is 1.10 bits per heavy atom. The third-order valence-corrected chi connectivity index (χ3v) is 4.45. The first-order valence-corrected chi connectivity index (χ1v) is 7.75. The molecule has 0 aromatic heterocycles. The van der Waals surface area contributed by atoms with Crippen molar-refractivity contribution in [1.29, 1.82) is 0 Å². The third-order valence-electron chi connectivity index (χ3n) is 3.31. The lowest BCUT2D eigenvalue weighted by molar-refractivity contribution is -0.119. The summed E-state index contributed by atoms with van der Waals surface area (Å²) in [7, 11) is 0. The van der Waals surface area contributed by atoms with Crippen molar-refractivity contribution in [2.45, 2.75) is 18.6 Å². The average Bonchev–Trinajstić information content (AvgIpc) is 2.50. The van der Waals surface area contributed by atoms with Crippen LogP contribution in [0, 0.1) is 6.92 Å². The Morgan fingerprint density at radius 3 is 2.52 bits per heavy atom. The molecule has 0 radical (unpaired) electrons. The number of hydrogen-bond acceptors (Lipinski definition) is 3. The number of aryl methyl sites for hydroxylation is 1. The maximum absolute atomic E-state index is 11.9. The van der Waals surface area contributed by atoms with Gasteiger partial charge < -0.3 is 5.32 Å². The van der Waals surface area contributed by atoms with E-state index in [0.29, 0.717) is 11.6 Å². The highest BCUT2D eigenvalue weighted by Crippen LogP contribution is 2.36. The lowest BCUT2D eigenvalue weighted by atomic mass is 10.1. The van der Waals surface area contributed by atoms with Crippen molar-refractivity contribution in [1.82, 2.24) is 5.32 Å². The third kappa shape index (κ3) is 3.52. The molecule has 1 amide bonds. The van der Waals surface area contributed by atoms with Crippen LogP contribution < -0.4 is 5.32 Å². The van der Waals surface area contributed by atoms with Crippen molar-refractivity contribution in [3.8, 4) is 0 Å². The van der Waals surface area contributed by atoms with E-state index in [0.717, 1.165) is 11.3 Å². The van der Waals surface area contributed by atoms with E-state index in [9.17, 15) is 4.79 Å². The number of carbonyl (C=O) groups is 1. The fraction of sp³-hybridized carbons (Fsp3) is 0.176. The molecule has 1 fully saturated rings. The molecule has 0 bridgehead atoms. The Labute approximate surface area is 128 Å². The van der Waals surface area contributed by atoms with Crippen molar-refractivity contribution in [3.63, 3.8) is 0 Å². The normalized spacial score (nSPS) is 20.3. The molecule has 3 rings (SSSR count). The molecule has 2 aromatic rings. The first-order chi connectivity index (χ1) is 10.2. The number of nitrogens with one attached hydrogen (secondary N) is 1. The van der Waals surface area contributed by atoms with Crippen molar-refractivity contribution < 1.29 is 4.79 Å². The highest BCUT2D eigenvalue weighted by Gasteiger charge is 2.25. The van der Waals surface area contributed by atoms with Gasteiger partial charge in [-0.3, -0.25) is 4.79 Å². The zero-order valence-electron chi connectivity index (χ0n) is 11.7. The molecule has 4 heteroatoms. The molecule has 21 heavy (non-hydrogen) atoms. The minimum atomic E-state index is 0.0217. The van der Waals surface area contributed by atoms with Gasteiger partial charge in [-0.05, 0) is 24.6 Å². The lowest BCUT2D eigenvalue weighted by Crippen LogP contribution is -2.34. The molecule has 1 saturated heterocycles. The number of hydrogen-bond donors (Lipinski definition) is 1. The number of benzene rings is 2. The van der Waals surface area contributed by atoms with Crippen LogP contribution in [-0.2, 0) is 4.79 Å². The molecule has 1 heterocycles. The fourth-order valence-corrected chi connectivity index (χ4v) is 3.32. The molecule has 3 nitrogen and oxygen atoms in total. The highest BCUT2D eigenvalue weighted by molar-refractivity contribution is 8.14.